The van der Waals surface area contributed by atoms with Gasteiger partial charge in [-0.2, -0.15) is 0 Å². The first kappa shape index (κ1) is 10.7. The molecule has 0 unspecified atom stereocenters. The fourth-order valence-corrected chi connectivity index (χ4v) is 1.77. The van der Waals surface area contributed by atoms with E-state index < -0.39 is 5.97 Å². The molecule has 1 aliphatic carbocycles. The molecule has 1 aromatic heterocycles. The van der Waals surface area contributed by atoms with E-state index in [-0.39, 0.29) is 11.6 Å². The van der Waals surface area contributed by atoms with Crippen molar-refractivity contribution in [2.75, 3.05) is 5.32 Å². The summed E-state index contributed by atoms with van der Waals surface area (Å²) in [7, 11) is 0. The summed E-state index contributed by atoms with van der Waals surface area (Å²) in [4.78, 5) is 15.2. The quantitative estimate of drug-likeness (QED) is 0.763. The molecule has 4 heteroatoms. The maximum absolute atomic E-state index is 11.0. The summed E-state index contributed by atoms with van der Waals surface area (Å²) in [5.74, 6) is -0.470. The van der Waals surface area contributed by atoms with E-state index in [1.807, 2.05) is 6.92 Å². The van der Waals surface area contributed by atoms with Crippen molar-refractivity contribution in [3.05, 3.63) is 35.5 Å². The Balaban J connectivity index is 2.23. The van der Waals surface area contributed by atoms with Gasteiger partial charge in [0.2, 0.25) is 0 Å². The van der Waals surface area contributed by atoms with Crippen molar-refractivity contribution in [2.45, 2.75) is 25.8 Å². The third-order valence-electron chi connectivity index (χ3n) is 2.61. The van der Waals surface area contributed by atoms with E-state index >= 15 is 0 Å². The third kappa shape index (κ3) is 2.21. The lowest BCUT2D eigenvalue weighted by Crippen LogP contribution is -2.18. The highest BCUT2D eigenvalue weighted by Gasteiger charge is 2.16. The van der Waals surface area contributed by atoms with E-state index in [0.29, 0.717) is 5.82 Å². The second-order valence-corrected chi connectivity index (χ2v) is 3.94. The zero-order chi connectivity index (χ0) is 11.5. The molecule has 4 nitrogen and oxygen atoms in total. The average Bonchev–Trinajstić information content (AvgIpc) is 2.70. The molecule has 1 aromatic rings. The average molecular weight is 218 g/mol. The predicted octanol–water partition coefficient (Wildman–Crippen LogP) is 2.22. The van der Waals surface area contributed by atoms with Crippen LogP contribution in [0, 0.1) is 6.92 Å². The number of nitrogens with one attached hydrogen (secondary N) is 1. The molecule has 0 aromatic carbocycles. The Labute approximate surface area is 94.0 Å². The van der Waals surface area contributed by atoms with Gasteiger partial charge in [-0.25, -0.2) is 9.78 Å². The van der Waals surface area contributed by atoms with Crippen LogP contribution in [0.4, 0.5) is 5.82 Å². The number of rotatable bonds is 3. The van der Waals surface area contributed by atoms with E-state index in [1.165, 1.54) is 0 Å². The van der Waals surface area contributed by atoms with Crippen LogP contribution < -0.4 is 5.32 Å². The number of anilines is 1. The van der Waals surface area contributed by atoms with Crippen LogP contribution in [-0.2, 0) is 0 Å². The van der Waals surface area contributed by atoms with Crippen LogP contribution in [0.3, 0.4) is 0 Å². The van der Waals surface area contributed by atoms with Gasteiger partial charge >= 0.3 is 5.97 Å². The molecule has 0 fully saturated rings. The first-order valence-corrected chi connectivity index (χ1v) is 5.29. The summed E-state index contributed by atoms with van der Waals surface area (Å²) in [5, 5.41) is 12.2. The van der Waals surface area contributed by atoms with Gasteiger partial charge in [-0.05, 0) is 31.9 Å². The first-order chi connectivity index (χ1) is 7.66. The maximum atomic E-state index is 11.0. The van der Waals surface area contributed by atoms with Crippen LogP contribution in [0.5, 0.6) is 0 Å². The molecule has 0 saturated heterocycles. The molecule has 1 heterocycles. The number of hydrogen-bond donors (Lipinski definition) is 2. The van der Waals surface area contributed by atoms with Gasteiger partial charge in [0, 0.05) is 11.7 Å². The molecule has 84 valence electrons. The molecule has 0 spiro atoms. The molecule has 1 aliphatic rings. The normalized spacial score (nSPS) is 15.3. The van der Waals surface area contributed by atoms with Gasteiger partial charge in [-0.1, -0.05) is 12.2 Å². The zero-order valence-electron chi connectivity index (χ0n) is 9.10. The highest BCUT2D eigenvalue weighted by molar-refractivity contribution is 5.93. The molecule has 2 N–H and O–H groups in total. The highest BCUT2D eigenvalue weighted by atomic mass is 16.4. The SMILES string of the molecule is Cc1ccc(C(=O)O)c(NC2CC=CC2)n1. The van der Waals surface area contributed by atoms with Crippen LogP contribution in [0.1, 0.15) is 28.9 Å². The summed E-state index contributed by atoms with van der Waals surface area (Å²) >= 11 is 0. The fourth-order valence-electron chi connectivity index (χ4n) is 1.77. The second-order valence-electron chi connectivity index (χ2n) is 3.94. The number of pyridine rings is 1. The van der Waals surface area contributed by atoms with E-state index in [4.69, 9.17) is 5.11 Å². The zero-order valence-corrected chi connectivity index (χ0v) is 9.10. The lowest BCUT2D eigenvalue weighted by atomic mass is 10.2. The summed E-state index contributed by atoms with van der Waals surface area (Å²) in [6.45, 7) is 1.85. The van der Waals surface area contributed by atoms with E-state index in [1.54, 1.807) is 12.1 Å². The fraction of sp³-hybridized carbons (Fsp3) is 0.333. The van der Waals surface area contributed by atoms with Crippen LogP contribution >= 0.6 is 0 Å². The molecule has 16 heavy (non-hydrogen) atoms. The predicted molar refractivity (Wildman–Crippen MR) is 61.7 cm³/mol. The molecule has 0 amide bonds. The summed E-state index contributed by atoms with van der Waals surface area (Å²) in [5.41, 5.74) is 1.05. The minimum Gasteiger partial charge on any atom is -0.478 e. The Hall–Kier alpha value is -1.84. The van der Waals surface area contributed by atoms with Crippen molar-refractivity contribution >= 4 is 11.8 Å². The number of nitrogens with zero attached hydrogens (tertiary/aromatic N) is 1. The molecular weight excluding hydrogens is 204 g/mol. The third-order valence-corrected chi connectivity index (χ3v) is 2.61. The van der Waals surface area contributed by atoms with Gasteiger partial charge in [-0.3, -0.25) is 0 Å². The Morgan fingerprint density at radius 1 is 1.44 bits per heavy atom. The smallest absolute Gasteiger partial charge is 0.339 e. The van der Waals surface area contributed by atoms with Crippen LogP contribution in [0.15, 0.2) is 24.3 Å². The highest BCUT2D eigenvalue weighted by Crippen LogP contribution is 2.19. The van der Waals surface area contributed by atoms with Crippen LogP contribution in [-0.4, -0.2) is 22.1 Å². The molecule has 0 saturated carbocycles. The van der Waals surface area contributed by atoms with Crippen molar-refractivity contribution in [1.82, 2.24) is 4.98 Å². The van der Waals surface area contributed by atoms with Crippen molar-refractivity contribution in [3.63, 3.8) is 0 Å². The number of hydrogen-bond acceptors (Lipinski definition) is 3. The molecular formula is C12H14N2O2. The lowest BCUT2D eigenvalue weighted by Gasteiger charge is -2.14. The monoisotopic (exact) mass is 218 g/mol. The van der Waals surface area contributed by atoms with Gasteiger partial charge in [0.15, 0.2) is 0 Å². The van der Waals surface area contributed by atoms with Gasteiger partial charge in [0.05, 0.1) is 0 Å². The Morgan fingerprint density at radius 3 is 2.75 bits per heavy atom. The van der Waals surface area contributed by atoms with Crippen LogP contribution in [0.2, 0.25) is 0 Å². The minimum absolute atomic E-state index is 0.234. The largest absolute Gasteiger partial charge is 0.478 e. The Bertz CT molecular complexity index is 433. The molecule has 0 radical (unpaired) electrons. The van der Waals surface area contributed by atoms with Gasteiger partial charge in [0.25, 0.3) is 0 Å². The maximum Gasteiger partial charge on any atom is 0.339 e. The number of carboxylic acids is 1. The summed E-state index contributed by atoms with van der Waals surface area (Å²) in [6.07, 6.45) is 6.03. The van der Waals surface area contributed by atoms with Crippen molar-refractivity contribution in [3.8, 4) is 0 Å². The van der Waals surface area contributed by atoms with E-state index in [2.05, 4.69) is 22.5 Å². The number of carboxylic acid groups (broad SMARTS) is 1. The van der Waals surface area contributed by atoms with E-state index in [0.717, 1.165) is 18.5 Å². The first-order valence-electron chi connectivity index (χ1n) is 5.29. The second kappa shape index (κ2) is 4.35. The van der Waals surface area contributed by atoms with Crippen molar-refractivity contribution in [1.29, 1.82) is 0 Å². The lowest BCUT2D eigenvalue weighted by molar-refractivity contribution is 0.0697. The van der Waals surface area contributed by atoms with Gasteiger partial charge in [-0.15, -0.1) is 0 Å². The molecule has 0 bridgehead atoms. The number of aryl methyl sites for hydroxylation is 1. The molecule has 0 aliphatic heterocycles. The summed E-state index contributed by atoms with van der Waals surface area (Å²) < 4.78 is 0. The van der Waals surface area contributed by atoms with Gasteiger partial charge in [0.1, 0.15) is 11.4 Å². The Kier molecular flexibility index (Phi) is 2.90. The molecule has 0 atom stereocenters. The number of aromatic nitrogens is 1. The van der Waals surface area contributed by atoms with Crippen molar-refractivity contribution < 1.29 is 9.90 Å². The topological polar surface area (TPSA) is 62.2 Å². The summed E-state index contributed by atoms with van der Waals surface area (Å²) in [6, 6.07) is 3.57. The van der Waals surface area contributed by atoms with Crippen molar-refractivity contribution in [2.24, 2.45) is 0 Å². The number of carbonyl (C=O) groups is 1. The minimum atomic E-state index is -0.944. The molecule has 2 rings (SSSR count). The number of aromatic carboxylic acids is 1. The van der Waals surface area contributed by atoms with E-state index in [9.17, 15) is 4.79 Å². The standard InChI is InChI=1S/C12H14N2O2/c1-8-6-7-10(12(15)16)11(13-8)14-9-4-2-3-5-9/h2-3,6-7,9H,4-5H2,1H3,(H,13,14)(H,15,16). The van der Waals surface area contributed by atoms with Crippen LogP contribution in [0.25, 0.3) is 0 Å². The van der Waals surface area contributed by atoms with Gasteiger partial charge < -0.3 is 10.4 Å². The Morgan fingerprint density at radius 2 is 2.12 bits per heavy atom.